The zero-order valence-corrected chi connectivity index (χ0v) is 19.0. The fourth-order valence-electron chi connectivity index (χ4n) is 3.56. The first kappa shape index (κ1) is 22.2. The number of hydrogen-bond acceptors (Lipinski definition) is 7. The number of rotatable bonds is 5. The van der Waals surface area contributed by atoms with E-state index in [4.69, 9.17) is 22.2 Å². The minimum atomic E-state index is -0.495. The summed E-state index contributed by atoms with van der Waals surface area (Å²) in [5.74, 6) is 6.74. The Morgan fingerprint density at radius 2 is 1.91 bits per heavy atom. The molecule has 1 aromatic heterocycles. The highest BCUT2D eigenvalue weighted by molar-refractivity contribution is 8.00. The lowest BCUT2D eigenvalue weighted by Gasteiger charge is -2.22. The Hall–Kier alpha value is -3.04. The fourth-order valence-corrected chi connectivity index (χ4v) is 4.75. The van der Waals surface area contributed by atoms with Gasteiger partial charge >= 0.3 is 0 Å². The standard InChI is InChI=1S/C22H22ClN5O3S/c1-31-17-7-3-2-6-16(17)19-25-26-22(28(19)24)32-18-8-4-5-13-27(21(18)30)20(29)14-9-11-15(23)12-10-14/h2-3,6-7,9-12,18H,4-5,8,13,24H2,1H3. The van der Waals surface area contributed by atoms with Gasteiger partial charge in [0.15, 0.2) is 5.82 Å². The van der Waals surface area contributed by atoms with E-state index in [1.165, 1.54) is 21.3 Å². The molecule has 2 amide bonds. The summed E-state index contributed by atoms with van der Waals surface area (Å²) in [4.78, 5) is 27.6. The van der Waals surface area contributed by atoms with Crippen molar-refractivity contribution in [3.63, 3.8) is 0 Å². The molecule has 0 radical (unpaired) electrons. The van der Waals surface area contributed by atoms with E-state index in [-0.39, 0.29) is 11.8 Å². The van der Waals surface area contributed by atoms with Crippen molar-refractivity contribution >= 4 is 35.2 Å². The molecule has 2 aromatic carbocycles. The van der Waals surface area contributed by atoms with E-state index < -0.39 is 5.25 Å². The van der Waals surface area contributed by atoms with Crippen molar-refractivity contribution in [2.24, 2.45) is 0 Å². The number of amides is 2. The average molecular weight is 472 g/mol. The summed E-state index contributed by atoms with van der Waals surface area (Å²) in [5, 5.41) is 8.82. The van der Waals surface area contributed by atoms with Gasteiger partial charge in [0.05, 0.1) is 17.9 Å². The van der Waals surface area contributed by atoms with Gasteiger partial charge in [0, 0.05) is 17.1 Å². The van der Waals surface area contributed by atoms with Gasteiger partial charge in [0.1, 0.15) is 5.75 Å². The number of methoxy groups -OCH3 is 1. The molecule has 0 spiro atoms. The minimum Gasteiger partial charge on any atom is -0.496 e. The van der Waals surface area contributed by atoms with Crippen molar-refractivity contribution in [2.75, 3.05) is 19.5 Å². The van der Waals surface area contributed by atoms with E-state index in [2.05, 4.69) is 10.2 Å². The fraction of sp³-hybridized carbons (Fsp3) is 0.273. The monoisotopic (exact) mass is 471 g/mol. The normalized spacial score (nSPS) is 16.6. The number of para-hydroxylation sites is 1. The number of hydrogen-bond donors (Lipinski definition) is 1. The van der Waals surface area contributed by atoms with E-state index >= 15 is 0 Å². The molecule has 10 heteroatoms. The zero-order valence-electron chi connectivity index (χ0n) is 17.4. The molecule has 0 saturated carbocycles. The number of halogens is 1. The number of imide groups is 1. The van der Waals surface area contributed by atoms with E-state index in [9.17, 15) is 9.59 Å². The SMILES string of the molecule is COc1ccccc1-c1nnc(SC2CCCCN(C(=O)c3ccc(Cl)cc3)C2=O)n1N. The van der Waals surface area contributed by atoms with Gasteiger partial charge < -0.3 is 10.6 Å². The van der Waals surface area contributed by atoms with Gasteiger partial charge in [-0.15, -0.1) is 10.2 Å². The Labute approximate surface area is 194 Å². The van der Waals surface area contributed by atoms with Crippen molar-refractivity contribution in [3.8, 4) is 17.1 Å². The molecule has 8 nitrogen and oxygen atoms in total. The lowest BCUT2D eigenvalue weighted by atomic mass is 10.2. The van der Waals surface area contributed by atoms with Crippen LogP contribution in [-0.2, 0) is 4.79 Å². The Morgan fingerprint density at radius 3 is 2.66 bits per heavy atom. The smallest absolute Gasteiger partial charge is 0.260 e. The Bertz CT molecular complexity index is 1130. The highest BCUT2D eigenvalue weighted by Crippen LogP contribution is 2.33. The summed E-state index contributed by atoms with van der Waals surface area (Å²) in [6.07, 6.45) is 2.17. The van der Waals surface area contributed by atoms with Crippen LogP contribution in [0.2, 0.25) is 5.02 Å². The van der Waals surface area contributed by atoms with Crippen LogP contribution in [0.1, 0.15) is 29.6 Å². The third-order valence-corrected chi connectivity index (χ3v) is 6.70. The van der Waals surface area contributed by atoms with Crippen LogP contribution < -0.4 is 10.6 Å². The molecule has 1 aliphatic rings. The summed E-state index contributed by atoms with van der Waals surface area (Å²) >= 11 is 7.14. The van der Waals surface area contributed by atoms with Gasteiger partial charge in [-0.3, -0.25) is 14.5 Å². The molecule has 4 rings (SSSR count). The van der Waals surface area contributed by atoms with Crippen molar-refractivity contribution in [2.45, 2.75) is 29.7 Å². The number of aromatic nitrogens is 3. The van der Waals surface area contributed by atoms with Crippen LogP contribution in [0.5, 0.6) is 5.75 Å². The molecule has 2 heterocycles. The summed E-state index contributed by atoms with van der Waals surface area (Å²) in [7, 11) is 1.57. The number of likely N-dealkylation sites (tertiary alicyclic amines) is 1. The molecule has 1 atom stereocenters. The van der Waals surface area contributed by atoms with Crippen molar-refractivity contribution in [3.05, 3.63) is 59.1 Å². The molecule has 3 aromatic rings. The maximum atomic E-state index is 13.3. The molecule has 32 heavy (non-hydrogen) atoms. The highest BCUT2D eigenvalue weighted by Gasteiger charge is 2.33. The predicted molar refractivity (Wildman–Crippen MR) is 123 cm³/mol. The Balaban J connectivity index is 1.56. The quantitative estimate of drug-likeness (QED) is 0.447. The summed E-state index contributed by atoms with van der Waals surface area (Å²) in [6.45, 7) is 0.374. The number of benzene rings is 2. The number of ether oxygens (including phenoxy) is 1. The summed E-state index contributed by atoms with van der Waals surface area (Å²) in [5.41, 5.74) is 1.12. The Kier molecular flexibility index (Phi) is 6.66. The van der Waals surface area contributed by atoms with Crippen LogP contribution in [0.15, 0.2) is 53.7 Å². The van der Waals surface area contributed by atoms with E-state index in [0.717, 1.165) is 12.8 Å². The Morgan fingerprint density at radius 1 is 1.16 bits per heavy atom. The molecule has 1 unspecified atom stereocenters. The average Bonchev–Trinajstić information content (AvgIpc) is 3.06. The van der Waals surface area contributed by atoms with Crippen molar-refractivity contribution < 1.29 is 14.3 Å². The number of carbonyl (C=O) groups is 2. The van der Waals surface area contributed by atoms with E-state index in [1.807, 2.05) is 24.3 Å². The first-order valence-corrected chi connectivity index (χ1v) is 11.4. The topological polar surface area (TPSA) is 103 Å². The maximum absolute atomic E-state index is 13.3. The lowest BCUT2D eigenvalue weighted by Crippen LogP contribution is -2.41. The molecule has 1 saturated heterocycles. The van der Waals surface area contributed by atoms with Crippen molar-refractivity contribution in [1.82, 2.24) is 19.8 Å². The molecule has 1 aliphatic heterocycles. The third-order valence-electron chi connectivity index (χ3n) is 5.24. The second-order valence-corrected chi connectivity index (χ2v) is 8.89. The first-order chi connectivity index (χ1) is 15.5. The van der Waals surface area contributed by atoms with Crippen LogP contribution in [0.4, 0.5) is 0 Å². The maximum Gasteiger partial charge on any atom is 0.260 e. The van der Waals surface area contributed by atoms with Gasteiger partial charge in [0.2, 0.25) is 11.1 Å². The molecular formula is C22H22ClN5O3S. The first-order valence-electron chi connectivity index (χ1n) is 10.1. The number of nitrogens with zero attached hydrogens (tertiary/aromatic N) is 4. The summed E-state index contributed by atoms with van der Waals surface area (Å²) < 4.78 is 6.74. The minimum absolute atomic E-state index is 0.255. The second kappa shape index (κ2) is 9.62. The molecule has 0 aliphatic carbocycles. The molecule has 1 fully saturated rings. The van der Waals surface area contributed by atoms with Crippen LogP contribution in [-0.4, -0.2) is 50.5 Å². The molecule has 0 bridgehead atoms. The van der Waals surface area contributed by atoms with Gasteiger partial charge in [0.25, 0.3) is 5.91 Å². The number of carbonyl (C=O) groups excluding carboxylic acids is 2. The van der Waals surface area contributed by atoms with Gasteiger partial charge in [-0.05, 0) is 49.2 Å². The number of nitrogen functional groups attached to an aromatic ring is 1. The number of nitrogens with two attached hydrogens (primary N) is 1. The molecule has 166 valence electrons. The van der Waals surface area contributed by atoms with Crippen LogP contribution >= 0.6 is 23.4 Å². The van der Waals surface area contributed by atoms with E-state index in [1.54, 1.807) is 31.4 Å². The molecular weight excluding hydrogens is 450 g/mol. The lowest BCUT2D eigenvalue weighted by molar-refractivity contribution is -0.127. The zero-order chi connectivity index (χ0) is 22.7. The van der Waals surface area contributed by atoms with Crippen LogP contribution in [0.3, 0.4) is 0 Å². The van der Waals surface area contributed by atoms with Crippen LogP contribution in [0.25, 0.3) is 11.4 Å². The second-order valence-electron chi connectivity index (χ2n) is 7.28. The van der Waals surface area contributed by atoms with Gasteiger partial charge in [-0.1, -0.05) is 41.9 Å². The van der Waals surface area contributed by atoms with Crippen molar-refractivity contribution in [1.29, 1.82) is 0 Å². The highest BCUT2D eigenvalue weighted by atomic mass is 35.5. The predicted octanol–water partition coefficient (Wildman–Crippen LogP) is 3.63. The summed E-state index contributed by atoms with van der Waals surface area (Å²) in [6, 6.07) is 13.9. The van der Waals surface area contributed by atoms with E-state index in [0.29, 0.717) is 45.8 Å². The largest absolute Gasteiger partial charge is 0.496 e. The van der Waals surface area contributed by atoms with Gasteiger partial charge in [-0.25, -0.2) is 4.68 Å². The third kappa shape index (κ3) is 4.44. The van der Waals surface area contributed by atoms with Gasteiger partial charge in [-0.2, -0.15) is 0 Å². The molecule has 2 N–H and O–H groups in total. The van der Waals surface area contributed by atoms with Crippen LogP contribution in [0, 0.1) is 0 Å². The number of thioether (sulfide) groups is 1.